The molecule has 0 bridgehead atoms. The van der Waals surface area contributed by atoms with Gasteiger partial charge in [0.2, 0.25) is 0 Å². The van der Waals surface area contributed by atoms with Crippen molar-refractivity contribution in [3.63, 3.8) is 0 Å². The fourth-order valence-corrected chi connectivity index (χ4v) is 0.664. The van der Waals surface area contributed by atoms with Gasteiger partial charge in [0.05, 0.1) is 5.03 Å². The third-order valence-electron chi connectivity index (χ3n) is 1.49. The van der Waals surface area contributed by atoms with Crippen molar-refractivity contribution in [2.24, 2.45) is 0 Å². The largest absolute Gasteiger partial charge is 0.460 e. The molecule has 0 aliphatic rings. The van der Waals surface area contributed by atoms with Gasteiger partial charge in [-0.3, -0.25) is 0 Å². The lowest BCUT2D eigenvalue weighted by molar-refractivity contribution is -0.388. The molecular formula is C6H2ClF9. The second kappa shape index (κ2) is 3.71. The highest BCUT2D eigenvalue weighted by Crippen LogP contribution is 2.55. The maximum atomic E-state index is 12.4. The topological polar surface area (TPSA) is 0 Å². The van der Waals surface area contributed by atoms with Gasteiger partial charge in [-0.15, -0.1) is 0 Å². The normalized spacial score (nSPS) is 15.1. The molecule has 0 aromatic rings. The van der Waals surface area contributed by atoms with Crippen molar-refractivity contribution < 1.29 is 39.5 Å². The van der Waals surface area contributed by atoms with Crippen molar-refractivity contribution in [2.45, 2.75) is 23.9 Å². The summed E-state index contributed by atoms with van der Waals surface area (Å²) < 4.78 is 108. The fourth-order valence-electron chi connectivity index (χ4n) is 0.546. The number of rotatable bonds is 3. The molecule has 0 N–H and O–H groups in total. The minimum atomic E-state index is -6.93. The van der Waals surface area contributed by atoms with E-state index in [4.69, 9.17) is 0 Å². The van der Waals surface area contributed by atoms with Crippen LogP contribution in [0.25, 0.3) is 0 Å². The summed E-state index contributed by atoms with van der Waals surface area (Å²) in [6, 6.07) is 0. The van der Waals surface area contributed by atoms with Crippen molar-refractivity contribution in [1.82, 2.24) is 0 Å². The fraction of sp³-hybridized carbons (Fsp3) is 0.667. The highest BCUT2D eigenvalue weighted by molar-refractivity contribution is 6.30. The molecule has 0 nitrogen and oxygen atoms in total. The third-order valence-corrected chi connectivity index (χ3v) is 1.72. The molecule has 0 aliphatic carbocycles. The second-order valence-electron chi connectivity index (χ2n) is 2.63. The molecule has 0 heterocycles. The Morgan fingerprint density at radius 1 is 0.750 bits per heavy atom. The first-order valence-corrected chi connectivity index (χ1v) is 3.62. The van der Waals surface area contributed by atoms with Gasteiger partial charge in [-0.2, -0.15) is 39.5 Å². The van der Waals surface area contributed by atoms with E-state index < -0.39 is 29.0 Å². The van der Waals surface area contributed by atoms with E-state index in [1.807, 2.05) is 6.58 Å². The molecule has 10 heteroatoms. The Balaban J connectivity index is 5.62. The van der Waals surface area contributed by atoms with Gasteiger partial charge in [0.25, 0.3) is 0 Å². The van der Waals surface area contributed by atoms with E-state index >= 15 is 0 Å². The number of allylic oxidation sites excluding steroid dienone is 1. The maximum Gasteiger partial charge on any atom is 0.460 e. The Labute approximate surface area is 87.7 Å². The zero-order valence-corrected chi connectivity index (χ0v) is 7.74. The minimum absolute atomic E-state index is 2.02. The summed E-state index contributed by atoms with van der Waals surface area (Å²) in [6.07, 6.45) is -6.84. The highest BCUT2D eigenvalue weighted by atomic mass is 35.5. The van der Waals surface area contributed by atoms with E-state index in [1.54, 1.807) is 0 Å². The Kier molecular flexibility index (Phi) is 3.57. The van der Waals surface area contributed by atoms with Crippen molar-refractivity contribution >= 4 is 11.6 Å². The number of hydrogen-bond donors (Lipinski definition) is 0. The van der Waals surface area contributed by atoms with Gasteiger partial charge in [-0.1, -0.05) is 18.2 Å². The molecule has 0 saturated heterocycles. The van der Waals surface area contributed by atoms with Crippen LogP contribution in [0.4, 0.5) is 39.5 Å². The van der Waals surface area contributed by atoms with Gasteiger partial charge < -0.3 is 0 Å². The zero-order chi connectivity index (χ0) is 13.6. The van der Waals surface area contributed by atoms with Crippen LogP contribution in [0.15, 0.2) is 11.6 Å². The van der Waals surface area contributed by atoms with Gasteiger partial charge in [-0.25, -0.2) is 0 Å². The van der Waals surface area contributed by atoms with Crippen LogP contribution in [-0.4, -0.2) is 23.9 Å². The SMILES string of the molecule is C=C(Cl)C(F)(F)C(F)(F)C(F)(F)C(F)(F)F. The van der Waals surface area contributed by atoms with Gasteiger partial charge in [0.15, 0.2) is 0 Å². The summed E-state index contributed by atoms with van der Waals surface area (Å²) in [5, 5.41) is -2.32. The van der Waals surface area contributed by atoms with Crippen LogP contribution in [0.1, 0.15) is 0 Å². The summed E-state index contributed by atoms with van der Waals surface area (Å²) in [6.45, 7) is 2.02. The first-order valence-electron chi connectivity index (χ1n) is 3.24. The van der Waals surface area contributed by atoms with Crippen LogP contribution >= 0.6 is 11.6 Å². The van der Waals surface area contributed by atoms with E-state index in [0.717, 1.165) is 0 Å². The number of alkyl halides is 9. The Bertz CT molecular complexity index is 289. The van der Waals surface area contributed by atoms with Crippen LogP contribution in [0.2, 0.25) is 0 Å². The Morgan fingerprint density at radius 3 is 1.25 bits per heavy atom. The molecule has 0 fully saturated rings. The lowest BCUT2D eigenvalue weighted by Gasteiger charge is -2.33. The molecule has 0 rings (SSSR count). The van der Waals surface area contributed by atoms with Gasteiger partial charge in [-0.05, 0) is 0 Å². The standard InChI is InChI=1S/C6H2ClF9/c1-2(7)3(8,9)4(10,11)5(12,13)6(14,15)16/h1H2. The second-order valence-corrected chi connectivity index (χ2v) is 3.08. The average Bonchev–Trinajstić information content (AvgIpc) is 2.00. The monoisotopic (exact) mass is 280 g/mol. The van der Waals surface area contributed by atoms with Crippen LogP contribution in [0.3, 0.4) is 0 Å². The van der Waals surface area contributed by atoms with Crippen molar-refractivity contribution in [3.8, 4) is 0 Å². The predicted molar refractivity (Wildman–Crippen MR) is 35.9 cm³/mol. The lowest BCUT2D eigenvalue weighted by atomic mass is 10.0. The molecule has 0 amide bonds. The van der Waals surface area contributed by atoms with Crippen LogP contribution in [0.5, 0.6) is 0 Å². The summed E-state index contributed by atoms with van der Waals surface area (Å²) >= 11 is 4.28. The molecule has 0 aromatic carbocycles. The first-order chi connectivity index (χ1) is 6.69. The highest BCUT2D eigenvalue weighted by Gasteiger charge is 2.82. The summed E-state index contributed by atoms with van der Waals surface area (Å²) in [7, 11) is 0. The Hall–Kier alpha value is -0.600. The summed E-state index contributed by atoms with van der Waals surface area (Å²) in [5.74, 6) is -19.5. The summed E-state index contributed by atoms with van der Waals surface area (Å²) in [5.41, 5.74) is 0. The molecule has 0 radical (unpaired) electrons. The average molecular weight is 281 g/mol. The van der Waals surface area contributed by atoms with E-state index in [0.29, 0.717) is 0 Å². The van der Waals surface area contributed by atoms with Gasteiger partial charge in [0, 0.05) is 0 Å². The number of halogens is 10. The van der Waals surface area contributed by atoms with Crippen molar-refractivity contribution in [3.05, 3.63) is 11.6 Å². The zero-order valence-electron chi connectivity index (χ0n) is 6.99. The number of hydrogen-bond acceptors (Lipinski definition) is 0. The molecule has 0 aliphatic heterocycles. The molecule has 0 saturated carbocycles. The summed E-state index contributed by atoms with van der Waals surface area (Å²) in [4.78, 5) is 0. The van der Waals surface area contributed by atoms with E-state index in [2.05, 4.69) is 11.6 Å². The maximum absolute atomic E-state index is 12.4. The van der Waals surface area contributed by atoms with Gasteiger partial charge in [0.1, 0.15) is 0 Å². The quantitative estimate of drug-likeness (QED) is 0.680. The molecule has 0 spiro atoms. The van der Waals surface area contributed by atoms with Crippen LogP contribution in [0, 0.1) is 0 Å². The van der Waals surface area contributed by atoms with E-state index in [-0.39, 0.29) is 0 Å². The third kappa shape index (κ3) is 1.96. The van der Waals surface area contributed by atoms with E-state index in [9.17, 15) is 39.5 Å². The first kappa shape index (κ1) is 15.4. The van der Waals surface area contributed by atoms with Crippen LogP contribution < -0.4 is 0 Å². The van der Waals surface area contributed by atoms with Crippen molar-refractivity contribution in [1.29, 1.82) is 0 Å². The molecule has 16 heavy (non-hydrogen) atoms. The minimum Gasteiger partial charge on any atom is -0.193 e. The lowest BCUT2D eigenvalue weighted by Crippen LogP contribution is -2.60. The molecule has 96 valence electrons. The molecular weight excluding hydrogens is 279 g/mol. The van der Waals surface area contributed by atoms with E-state index in [1.165, 1.54) is 0 Å². The van der Waals surface area contributed by atoms with Gasteiger partial charge >= 0.3 is 23.9 Å². The molecule has 0 aromatic heterocycles. The molecule has 0 unspecified atom stereocenters. The van der Waals surface area contributed by atoms with Crippen molar-refractivity contribution in [2.75, 3.05) is 0 Å². The smallest absolute Gasteiger partial charge is 0.193 e. The molecule has 0 atom stereocenters. The Morgan fingerprint density at radius 2 is 1.06 bits per heavy atom. The van der Waals surface area contributed by atoms with Crippen LogP contribution in [-0.2, 0) is 0 Å². The predicted octanol–water partition coefficient (Wildman–Crippen LogP) is 4.21.